The van der Waals surface area contributed by atoms with E-state index in [9.17, 15) is 4.79 Å². The second-order valence-corrected chi connectivity index (χ2v) is 6.30. The van der Waals surface area contributed by atoms with Crippen LogP contribution in [0, 0.1) is 5.41 Å². The van der Waals surface area contributed by atoms with E-state index in [1.54, 1.807) is 7.05 Å². The molecule has 0 radical (unpaired) electrons. The fourth-order valence-electron chi connectivity index (χ4n) is 2.88. The Morgan fingerprint density at radius 2 is 1.96 bits per heavy atom. The molecular formula is C18H28N4O2. The molecule has 1 aromatic rings. The molecule has 1 aliphatic carbocycles. The van der Waals surface area contributed by atoms with Crippen LogP contribution < -0.4 is 16.0 Å². The van der Waals surface area contributed by atoms with E-state index in [2.05, 4.69) is 32.6 Å². The van der Waals surface area contributed by atoms with Crippen LogP contribution in [0.5, 0.6) is 0 Å². The Morgan fingerprint density at radius 1 is 1.25 bits per heavy atom. The average molecular weight is 332 g/mol. The molecule has 1 aliphatic rings. The minimum absolute atomic E-state index is 0.457. The van der Waals surface area contributed by atoms with Crippen LogP contribution in [0.4, 0.5) is 10.5 Å². The summed E-state index contributed by atoms with van der Waals surface area (Å²) >= 11 is 0. The van der Waals surface area contributed by atoms with Crippen molar-refractivity contribution in [2.45, 2.75) is 39.2 Å². The minimum Gasteiger partial charge on any atom is -0.453 e. The van der Waals surface area contributed by atoms with Gasteiger partial charge in [-0.1, -0.05) is 25.5 Å². The maximum absolute atomic E-state index is 11.2. The maximum Gasteiger partial charge on any atom is 0.411 e. The zero-order chi connectivity index (χ0) is 17.4. The average Bonchev–Trinajstić information content (AvgIpc) is 2.58. The van der Waals surface area contributed by atoms with Gasteiger partial charge in [0.25, 0.3) is 0 Å². The molecule has 0 spiro atoms. The van der Waals surface area contributed by atoms with Crippen molar-refractivity contribution >= 4 is 17.7 Å². The highest BCUT2D eigenvalue weighted by molar-refractivity contribution is 5.84. The van der Waals surface area contributed by atoms with E-state index in [0.29, 0.717) is 17.6 Å². The topological polar surface area (TPSA) is 74.8 Å². The number of methoxy groups -OCH3 is 1. The SMILES string of the molecule is CCC1(CNC(=NC)NCc2ccc(NC(=O)OC)cc2)CCC1. The summed E-state index contributed by atoms with van der Waals surface area (Å²) in [5.74, 6) is 0.825. The van der Waals surface area contributed by atoms with Gasteiger partial charge in [-0.3, -0.25) is 10.3 Å². The number of nitrogens with one attached hydrogen (secondary N) is 3. The van der Waals surface area contributed by atoms with Gasteiger partial charge in [-0.2, -0.15) is 0 Å². The third kappa shape index (κ3) is 4.88. The van der Waals surface area contributed by atoms with Crippen molar-refractivity contribution in [3.05, 3.63) is 29.8 Å². The molecule has 0 aromatic heterocycles. The number of rotatable bonds is 6. The molecule has 1 fully saturated rings. The Balaban J connectivity index is 1.79. The lowest BCUT2D eigenvalue weighted by atomic mass is 9.67. The van der Waals surface area contributed by atoms with Crippen LogP contribution >= 0.6 is 0 Å². The number of hydrogen-bond acceptors (Lipinski definition) is 3. The summed E-state index contributed by atoms with van der Waals surface area (Å²) in [7, 11) is 3.14. The standard InChI is InChI=1S/C18H28N4O2/c1-4-18(10-5-11-18)13-21-16(19-2)20-12-14-6-8-15(9-7-14)22-17(23)24-3/h6-9H,4-5,10-13H2,1-3H3,(H,22,23)(H2,19,20,21). The second-order valence-electron chi connectivity index (χ2n) is 6.30. The quantitative estimate of drug-likeness (QED) is 0.553. The van der Waals surface area contributed by atoms with E-state index in [0.717, 1.165) is 18.1 Å². The van der Waals surface area contributed by atoms with Crippen LogP contribution in [-0.4, -0.2) is 32.8 Å². The Kier molecular flexibility index (Phi) is 6.46. The van der Waals surface area contributed by atoms with E-state index in [4.69, 9.17) is 0 Å². The summed E-state index contributed by atoms with van der Waals surface area (Å²) in [6, 6.07) is 7.63. The number of nitrogens with zero attached hydrogens (tertiary/aromatic N) is 1. The molecule has 1 saturated carbocycles. The van der Waals surface area contributed by atoms with Crippen molar-refractivity contribution in [1.29, 1.82) is 0 Å². The number of carbonyl (C=O) groups is 1. The zero-order valence-corrected chi connectivity index (χ0v) is 14.8. The molecule has 6 heteroatoms. The molecular weight excluding hydrogens is 304 g/mol. The number of benzene rings is 1. The van der Waals surface area contributed by atoms with Gasteiger partial charge in [0.2, 0.25) is 0 Å². The van der Waals surface area contributed by atoms with E-state index < -0.39 is 6.09 Å². The molecule has 0 heterocycles. The molecule has 1 amide bonds. The lowest BCUT2D eigenvalue weighted by molar-refractivity contribution is 0.131. The molecule has 24 heavy (non-hydrogen) atoms. The first-order valence-corrected chi connectivity index (χ1v) is 8.49. The highest BCUT2D eigenvalue weighted by Crippen LogP contribution is 2.42. The van der Waals surface area contributed by atoms with E-state index in [1.807, 2.05) is 24.3 Å². The minimum atomic E-state index is -0.466. The maximum atomic E-state index is 11.2. The summed E-state index contributed by atoms with van der Waals surface area (Å²) in [5, 5.41) is 9.41. The van der Waals surface area contributed by atoms with Gasteiger partial charge in [0.05, 0.1) is 7.11 Å². The molecule has 132 valence electrons. The fraction of sp³-hybridized carbons (Fsp3) is 0.556. The highest BCUT2D eigenvalue weighted by atomic mass is 16.5. The number of guanidine groups is 1. The van der Waals surface area contributed by atoms with E-state index >= 15 is 0 Å². The largest absolute Gasteiger partial charge is 0.453 e. The molecule has 1 aromatic carbocycles. The van der Waals surface area contributed by atoms with Crippen molar-refractivity contribution in [2.24, 2.45) is 10.4 Å². The number of aliphatic imine (C=N–C) groups is 1. The lowest BCUT2D eigenvalue weighted by Gasteiger charge is -2.41. The van der Waals surface area contributed by atoms with Gasteiger partial charge in [-0.25, -0.2) is 4.79 Å². The summed E-state index contributed by atoms with van der Waals surface area (Å²) < 4.78 is 4.57. The number of ether oxygens (including phenoxy) is 1. The predicted molar refractivity (Wildman–Crippen MR) is 97.2 cm³/mol. The first-order chi connectivity index (χ1) is 11.6. The molecule has 2 rings (SSSR count). The van der Waals surface area contributed by atoms with Crippen LogP contribution in [0.15, 0.2) is 29.3 Å². The predicted octanol–water partition coefficient (Wildman–Crippen LogP) is 3.11. The van der Waals surface area contributed by atoms with Crippen molar-refractivity contribution in [3.63, 3.8) is 0 Å². The lowest BCUT2D eigenvalue weighted by Crippen LogP contribution is -2.46. The van der Waals surface area contributed by atoms with Gasteiger partial charge in [0, 0.05) is 25.8 Å². The summed E-state index contributed by atoms with van der Waals surface area (Å²) in [5.41, 5.74) is 2.28. The van der Waals surface area contributed by atoms with Crippen molar-refractivity contribution in [3.8, 4) is 0 Å². The van der Waals surface area contributed by atoms with E-state index in [-0.39, 0.29) is 0 Å². The Bertz CT molecular complexity index is 559. The van der Waals surface area contributed by atoms with Crippen molar-refractivity contribution in [1.82, 2.24) is 10.6 Å². The summed E-state index contributed by atoms with van der Waals surface area (Å²) in [6.45, 7) is 3.92. The highest BCUT2D eigenvalue weighted by Gasteiger charge is 2.34. The second kappa shape index (κ2) is 8.57. The molecule has 0 atom stereocenters. The van der Waals surface area contributed by atoms with Gasteiger partial charge >= 0.3 is 6.09 Å². The number of anilines is 1. The third-order valence-electron chi connectivity index (χ3n) is 4.86. The molecule has 0 saturated heterocycles. The summed E-state index contributed by atoms with van der Waals surface area (Å²) in [6.07, 6.45) is 4.70. The number of amides is 1. The van der Waals surface area contributed by atoms with Crippen molar-refractivity contribution in [2.75, 3.05) is 26.0 Å². The molecule has 0 bridgehead atoms. The van der Waals surface area contributed by atoms with Crippen LogP contribution in [0.3, 0.4) is 0 Å². The van der Waals surface area contributed by atoms with E-state index in [1.165, 1.54) is 32.8 Å². The van der Waals surface area contributed by atoms with Crippen LogP contribution in [-0.2, 0) is 11.3 Å². The van der Waals surface area contributed by atoms with Crippen LogP contribution in [0.25, 0.3) is 0 Å². The van der Waals surface area contributed by atoms with Gasteiger partial charge in [-0.05, 0) is 42.4 Å². The van der Waals surface area contributed by atoms with Crippen LogP contribution in [0.2, 0.25) is 0 Å². The van der Waals surface area contributed by atoms with Crippen molar-refractivity contribution < 1.29 is 9.53 Å². The van der Waals surface area contributed by atoms with Gasteiger partial charge in [0.15, 0.2) is 5.96 Å². The molecule has 6 nitrogen and oxygen atoms in total. The first kappa shape index (κ1) is 18.1. The molecule has 0 aliphatic heterocycles. The molecule has 3 N–H and O–H groups in total. The molecule has 0 unspecified atom stereocenters. The van der Waals surface area contributed by atoms with Gasteiger partial charge in [-0.15, -0.1) is 0 Å². The number of carbonyl (C=O) groups excluding carboxylic acids is 1. The zero-order valence-electron chi connectivity index (χ0n) is 14.8. The monoisotopic (exact) mass is 332 g/mol. The normalized spacial score (nSPS) is 16.0. The summed E-state index contributed by atoms with van der Waals surface area (Å²) in [4.78, 5) is 15.4. The Hall–Kier alpha value is -2.24. The van der Waals surface area contributed by atoms with Gasteiger partial charge < -0.3 is 15.4 Å². The first-order valence-electron chi connectivity index (χ1n) is 8.49. The Labute approximate surface area is 144 Å². The van der Waals surface area contributed by atoms with Gasteiger partial charge in [0.1, 0.15) is 0 Å². The third-order valence-corrected chi connectivity index (χ3v) is 4.86. The van der Waals surface area contributed by atoms with Crippen LogP contribution in [0.1, 0.15) is 38.2 Å². The number of hydrogen-bond donors (Lipinski definition) is 3. The Morgan fingerprint density at radius 3 is 2.46 bits per heavy atom. The smallest absolute Gasteiger partial charge is 0.411 e. The fourth-order valence-corrected chi connectivity index (χ4v) is 2.88.